The fourth-order valence-electron chi connectivity index (χ4n) is 2.46. The number of hydrogen-bond acceptors (Lipinski definition) is 8. The van der Waals surface area contributed by atoms with Gasteiger partial charge in [-0.25, -0.2) is 0 Å². The SMILES string of the molecule is CC(C)(C)NCC(COc1nsnc1N1CCOCC1)OC(C)(C)C. The van der Waals surface area contributed by atoms with E-state index in [1.807, 2.05) is 0 Å². The number of hydrogen-bond donors (Lipinski definition) is 1. The van der Waals surface area contributed by atoms with E-state index in [1.54, 1.807) is 0 Å². The zero-order chi connectivity index (χ0) is 18.5. The minimum atomic E-state index is -0.235. The van der Waals surface area contributed by atoms with Crippen LogP contribution in [0.25, 0.3) is 0 Å². The molecular formula is C17H32N4O3S. The van der Waals surface area contributed by atoms with Crippen molar-refractivity contribution in [2.24, 2.45) is 0 Å². The van der Waals surface area contributed by atoms with Gasteiger partial charge in [0.05, 0.1) is 30.5 Å². The monoisotopic (exact) mass is 372 g/mol. The maximum atomic E-state index is 6.15. The molecule has 0 amide bonds. The Morgan fingerprint density at radius 3 is 2.44 bits per heavy atom. The van der Waals surface area contributed by atoms with Gasteiger partial charge in [0.1, 0.15) is 12.7 Å². The van der Waals surface area contributed by atoms with Gasteiger partial charge >= 0.3 is 0 Å². The van der Waals surface area contributed by atoms with Gasteiger partial charge in [-0.3, -0.25) is 0 Å². The lowest BCUT2D eigenvalue weighted by Crippen LogP contribution is -2.45. The van der Waals surface area contributed by atoms with Gasteiger partial charge in [-0.05, 0) is 41.5 Å². The highest BCUT2D eigenvalue weighted by Crippen LogP contribution is 2.26. The average Bonchev–Trinajstić information content (AvgIpc) is 2.97. The zero-order valence-electron chi connectivity index (χ0n) is 16.3. The summed E-state index contributed by atoms with van der Waals surface area (Å²) in [5.41, 5.74) is -0.207. The highest BCUT2D eigenvalue weighted by atomic mass is 32.1. The van der Waals surface area contributed by atoms with Crippen LogP contribution in [0.1, 0.15) is 41.5 Å². The molecule has 8 heteroatoms. The Balaban J connectivity index is 1.96. The van der Waals surface area contributed by atoms with Crippen molar-refractivity contribution in [2.45, 2.75) is 58.8 Å². The Hall–Kier alpha value is -0.960. The summed E-state index contributed by atoms with van der Waals surface area (Å²) in [6, 6.07) is 0. The topological polar surface area (TPSA) is 68.7 Å². The van der Waals surface area contributed by atoms with Crippen LogP contribution in [-0.4, -0.2) is 65.4 Å². The molecule has 1 aliphatic heterocycles. The molecule has 0 aliphatic carbocycles. The molecule has 1 aromatic rings. The van der Waals surface area contributed by atoms with Gasteiger partial charge in [0.2, 0.25) is 5.82 Å². The van der Waals surface area contributed by atoms with Crippen molar-refractivity contribution in [2.75, 3.05) is 44.4 Å². The lowest BCUT2D eigenvalue weighted by molar-refractivity contribution is -0.0763. The van der Waals surface area contributed by atoms with Crippen molar-refractivity contribution >= 4 is 17.5 Å². The second kappa shape index (κ2) is 8.62. The van der Waals surface area contributed by atoms with E-state index in [1.165, 1.54) is 11.7 Å². The van der Waals surface area contributed by atoms with E-state index in [0.717, 1.165) is 18.9 Å². The maximum Gasteiger partial charge on any atom is 0.270 e. The first-order valence-corrected chi connectivity index (χ1v) is 9.58. The molecule has 25 heavy (non-hydrogen) atoms. The highest BCUT2D eigenvalue weighted by Gasteiger charge is 2.24. The average molecular weight is 373 g/mol. The molecule has 1 fully saturated rings. The molecular weight excluding hydrogens is 340 g/mol. The molecule has 0 saturated carbocycles. The molecule has 7 nitrogen and oxygen atoms in total. The third-order valence-corrected chi connectivity index (χ3v) is 4.04. The minimum absolute atomic E-state index is 0.0284. The number of nitrogens with one attached hydrogen (secondary N) is 1. The van der Waals surface area contributed by atoms with Crippen LogP contribution in [0.4, 0.5) is 5.82 Å². The van der Waals surface area contributed by atoms with E-state index in [9.17, 15) is 0 Å². The summed E-state index contributed by atoms with van der Waals surface area (Å²) in [4.78, 5) is 2.16. The fraction of sp³-hybridized carbons (Fsp3) is 0.882. The van der Waals surface area contributed by atoms with E-state index >= 15 is 0 Å². The zero-order valence-corrected chi connectivity index (χ0v) is 17.1. The summed E-state index contributed by atoms with van der Waals surface area (Å²) in [7, 11) is 0. The van der Waals surface area contributed by atoms with Gasteiger partial charge in [-0.2, -0.15) is 4.37 Å². The number of rotatable bonds is 7. The molecule has 1 N–H and O–H groups in total. The molecule has 1 aromatic heterocycles. The van der Waals surface area contributed by atoms with Crippen LogP contribution in [0.2, 0.25) is 0 Å². The van der Waals surface area contributed by atoms with Gasteiger partial charge in [0.25, 0.3) is 5.88 Å². The molecule has 2 rings (SSSR count). The Morgan fingerprint density at radius 2 is 1.84 bits per heavy atom. The van der Waals surface area contributed by atoms with Crippen LogP contribution < -0.4 is 15.0 Å². The van der Waals surface area contributed by atoms with Crippen molar-refractivity contribution in [3.63, 3.8) is 0 Å². The first-order valence-electron chi connectivity index (χ1n) is 8.85. The molecule has 0 radical (unpaired) electrons. The normalized spacial score (nSPS) is 17.6. The van der Waals surface area contributed by atoms with Crippen molar-refractivity contribution in [1.29, 1.82) is 0 Å². The van der Waals surface area contributed by atoms with Crippen molar-refractivity contribution in [1.82, 2.24) is 14.1 Å². The van der Waals surface area contributed by atoms with Gasteiger partial charge in [-0.15, -0.1) is 4.37 Å². The van der Waals surface area contributed by atoms with Gasteiger partial charge in [-0.1, -0.05) is 0 Å². The van der Waals surface area contributed by atoms with Crippen LogP contribution in [0.15, 0.2) is 0 Å². The molecule has 1 unspecified atom stereocenters. The van der Waals surface area contributed by atoms with Crippen LogP contribution in [-0.2, 0) is 9.47 Å². The molecule has 1 aliphatic rings. The summed E-state index contributed by atoms with van der Waals surface area (Å²) in [6.07, 6.45) is -0.0709. The third kappa shape index (κ3) is 7.43. The van der Waals surface area contributed by atoms with E-state index in [2.05, 4.69) is 60.5 Å². The quantitative estimate of drug-likeness (QED) is 0.788. The highest BCUT2D eigenvalue weighted by molar-refractivity contribution is 6.99. The first kappa shape index (κ1) is 20.4. The molecule has 1 atom stereocenters. The number of morpholine rings is 1. The number of nitrogens with zero attached hydrogens (tertiary/aromatic N) is 3. The third-order valence-electron chi connectivity index (χ3n) is 3.54. The van der Waals surface area contributed by atoms with Crippen molar-refractivity contribution < 1.29 is 14.2 Å². The summed E-state index contributed by atoms with van der Waals surface area (Å²) < 4.78 is 26.3. The Labute approximate surface area is 155 Å². The summed E-state index contributed by atoms with van der Waals surface area (Å²) in [6.45, 7) is 16.8. The van der Waals surface area contributed by atoms with Crippen LogP contribution in [0, 0.1) is 0 Å². The summed E-state index contributed by atoms with van der Waals surface area (Å²) in [5.74, 6) is 1.40. The number of anilines is 1. The van der Waals surface area contributed by atoms with E-state index in [4.69, 9.17) is 14.2 Å². The number of ether oxygens (including phenoxy) is 3. The molecule has 1 saturated heterocycles. The van der Waals surface area contributed by atoms with Gasteiger partial charge in [0.15, 0.2) is 0 Å². The van der Waals surface area contributed by atoms with Gasteiger partial charge < -0.3 is 24.4 Å². The minimum Gasteiger partial charge on any atom is -0.472 e. The summed E-state index contributed by atoms with van der Waals surface area (Å²) in [5, 5.41) is 3.49. The van der Waals surface area contributed by atoms with E-state index in [-0.39, 0.29) is 17.2 Å². The maximum absolute atomic E-state index is 6.15. The Bertz CT molecular complexity index is 519. The number of aromatic nitrogens is 2. The second-order valence-corrected chi connectivity index (χ2v) is 8.81. The predicted molar refractivity (Wildman–Crippen MR) is 101 cm³/mol. The van der Waals surface area contributed by atoms with Crippen LogP contribution >= 0.6 is 11.7 Å². The Morgan fingerprint density at radius 1 is 1.16 bits per heavy atom. The largest absolute Gasteiger partial charge is 0.472 e. The molecule has 0 bridgehead atoms. The van der Waals surface area contributed by atoms with E-state index in [0.29, 0.717) is 32.2 Å². The summed E-state index contributed by atoms with van der Waals surface area (Å²) >= 11 is 1.18. The first-order chi connectivity index (χ1) is 11.6. The molecule has 0 spiro atoms. The van der Waals surface area contributed by atoms with Crippen LogP contribution in [0.5, 0.6) is 5.88 Å². The van der Waals surface area contributed by atoms with Crippen molar-refractivity contribution in [3.05, 3.63) is 0 Å². The van der Waals surface area contributed by atoms with E-state index < -0.39 is 0 Å². The fourth-order valence-corrected chi connectivity index (χ4v) is 2.98. The second-order valence-electron chi connectivity index (χ2n) is 8.29. The van der Waals surface area contributed by atoms with Gasteiger partial charge in [0, 0.05) is 25.2 Å². The lowest BCUT2D eigenvalue weighted by atomic mass is 10.1. The molecule has 0 aromatic carbocycles. The smallest absolute Gasteiger partial charge is 0.270 e. The Kier molecular flexibility index (Phi) is 7.01. The standard InChI is InChI=1S/C17H32N4O3S/c1-16(2,3)18-11-13(24-17(4,5)6)12-23-15-14(19-25-20-15)21-7-9-22-10-8-21/h13,18H,7-12H2,1-6H3. The molecule has 2 heterocycles. The lowest BCUT2D eigenvalue weighted by Gasteiger charge is -2.31. The molecule has 144 valence electrons. The van der Waals surface area contributed by atoms with Crippen LogP contribution in [0.3, 0.4) is 0 Å². The predicted octanol–water partition coefficient (Wildman–Crippen LogP) is 2.33. The van der Waals surface area contributed by atoms with Crippen molar-refractivity contribution in [3.8, 4) is 5.88 Å².